The number of carbonyl (C=O) groups is 2. The van der Waals surface area contributed by atoms with Gasteiger partial charge >= 0.3 is 0 Å². The van der Waals surface area contributed by atoms with Crippen molar-refractivity contribution in [2.75, 3.05) is 23.4 Å². The average molecular weight is 366 g/mol. The number of nitrogens with one attached hydrogen (secondary N) is 1. The summed E-state index contributed by atoms with van der Waals surface area (Å²) in [6, 6.07) is 13.6. The van der Waals surface area contributed by atoms with E-state index >= 15 is 0 Å². The lowest BCUT2D eigenvalue weighted by Crippen LogP contribution is -2.41. The Morgan fingerprint density at radius 1 is 1.19 bits per heavy atom. The highest BCUT2D eigenvalue weighted by atomic mass is 16.5. The lowest BCUT2D eigenvalue weighted by Gasteiger charge is -2.31. The molecular formula is C22H26N2O3. The van der Waals surface area contributed by atoms with Crippen LogP contribution in [0, 0.1) is 12.8 Å². The molecule has 1 aliphatic heterocycles. The van der Waals surface area contributed by atoms with Crippen LogP contribution >= 0.6 is 0 Å². The molecule has 0 saturated carbocycles. The zero-order valence-electron chi connectivity index (χ0n) is 16.1. The summed E-state index contributed by atoms with van der Waals surface area (Å²) < 4.78 is 5.52. The molecule has 0 atom stereocenters. The molecule has 0 aromatic heterocycles. The topological polar surface area (TPSA) is 58.6 Å². The van der Waals surface area contributed by atoms with Gasteiger partial charge in [0.05, 0.1) is 5.69 Å². The lowest BCUT2D eigenvalue weighted by molar-refractivity contribution is -0.121. The summed E-state index contributed by atoms with van der Waals surface area (Å²) in [4.78, 5) is 26.3. The molecule has 0 fully saturated rings. The van der Waals surface area contributed by atoms with Gasteiger partial charge in [-0.3, -0.25) is 9.59 Å². The molecule has 1 aliphatic rings. The van der Waals surface area contributed by atoms with Gasteiger partial charge in [0.2, 0.25) is 5.91 Å². The van der Waals surface area contributed by atoms with Crippen LogP contribution in [0.15, 0.2) is 42.5 Å². The fourth-order valence-corrected chi connectivity index (χ4v) is 3.08. The van der Waals surface area contributed by atoms with Gasteiger partial charge in [0.1, 0.15) is 5.75 Å². The van der Waals surface area contributed by atoms with Gasteiger partial charge in [-0.05, 0) is 43.0 Å². The Kier molecular flexibility index (Phi) is 5.79. The zero-order valence-corrected chi connectivity index (χ0v) is 16.1. The maximum atomic E-state index is 12.3. The molecule has 27 heavy (non-hydrogen) atoms. The largest absolute Gasteiger partial charge is 0.482 e. The minimum absolute atomic E-state index is 0.0472. The molecule has 3 rings (SSSR count). The van der Waals surface area contributed by atoms with E-state index in [0.717, 1.165) is 11.3 Å². The van der Waals surface area contributed by atoms with Gasteiger partial charge in [0, 0.05) is 18.7 Å². The number of aryl methyl sites for hydroxylation is 2. The van der Waals surface area contributed by atoms with Crippen LogP contribution in [-0.2, 0) is 16.0 Å². The van der Waals surface area contributed by atoms with E-state index in [9.17, 15) is 9.59 Å². The van der Waals surface area contributed by atoms with E-state index < -0.39 is 0 Å². The van der Waals surface area contributed by atoms with Crippen LogP contribution in [0.4, 0.5) is 11.4 Å². The zero-order chi connectivity index (χ0) is 19.4. The van der Waals surface area contributed by atoms with E-state index in [-0.39, 0.29) is 18.4 Å². The Morgan fingerprint density at radius 3 is 2.63 bits per heavy atom. The van der Waals surface area contributed by atoms with Crippen LogP contribution in [0.25, 0.3) is 0 Å². The van der Waals surface area contributed by atoms with E-state index in [2.05, 4.69) is 31.3 Å². The van der Waals surface area contributed by atoms with Gasteiger partial charge in [-0.2, -0.15) is 0 Å². The molecule has 0 unspecified atom stereocenters. The molecule has 2 amide bonds. The molecule has 0 aliphatic carbocycles. The number of rotatable bonds is 6. The average Bonchev–Trinajstić information content (AvgIpc) is 2.63. The molecule has 0 radical (unpaired) electrons. The molecule has 142 valence electrons. The van der Waals surface area contributed by atoms with Crippen LogP contribution in [-0.4, -0.2) is 25.0 Å². The van der Waals surface area contributed by atoms with Crippen LogP contribution in [0.1, 0.15) is 31.4 Å². The number of carbonyl (C=O) groups excluding carboxylic acids is 2. The normalized spacial score (nSPS) is 13.3. The third-order valence-electron chi connectivity index (χ3n) is 4.49. The summed E-state index contributed by atoms with van der Waals surface area (Å²) >= 11 is 0. The Balaban J connectivity index is 1.67. The molecule has 0 bridgehead atoms. The fourth-order valence-electron chi connectivity index (χ4n) is 3.08. The third-order valence-corrected chi connectivity index (χ3v) is 4.49. The number of anilines is 2. The van der Waals surface area contributed by atoms with Crippen molar-refractivity contribution in [1.29, 1.82) is 0 Å². The molecule has 2 aromatic carbocycles. The second kappa shape index (κ2) is 8.25. The number of fused-ring (bicyclic) bond motifs is 1. The van der Waals surface area contributed by atoms with Gasteiger partial charge in [-0.25, -0.2) is 0 Å². The Bertz CT molecular complexity index is 828. The standard InChI is InChI=1S/C22H26N2O3/c1-15(2)13-24-19-12-18(9-10-20(19)27-14-22(24)26)23-21(25)11-8-17-6-4-16(3)5-7-17/h4-7,9-10,12,15H,8,11,13-14H2,1-3H3,(H,23,25). The van der Waals surface area contributed by atoms with Crippen molar-refractivity contribution in [1.82, 2.24) is 0 Å². The van der Waals surface area contributed by atoms with Crippen LogP contribution in [0.3, 0.4) is 0 Å². The molecule has 5 nitrogen and oxygen atoms in total. The first-order valence-electron chi connectivity index (χ1n) is 9.35. The number of nitrogens with zero attached hydrogens (tertiary/aromatic N) is 1. The first-order valence-corrected chi connectivity index (χ1v) is 9.35. The van der Waals surface area contributed by atoms with Gasteiger partial charge in [0.25, 0.3) is 5.91 Å². The van der Waals surface area contributed by atoms with E-state index in [1.165, 1.54) is 5.56 Å². The summed E-state index contributed by atoms with van der Waals surface area (Å²) in [6.07, 6.45) is 1.10. The maximum absolute atomic E-state index is 12.3. The van der Waals surface area contributed by atoms with Crippen molar-refractivity contribution >= 4 is 23.2 Å². The van der Waals surface area contributed by atoms with Crippen LogP contribution in [0.2, 0.25) is 0 Å². The highest BCUT2D eigenvalue weighted by Crippen LogP contribution is 2.35. The highest BCUT2D eigenvalue weighted by Gasteiger charge is 2.26. The number of amides is 2. The van der Waals surface area contributed by atoms with E-state index in [0.29, 0.717) is 36.7 Å². The van der Waals surface area contributed by atoms with E-state index in [1.807, 2.05) is 37.3 Å². The van der Waals surface area contributed by atoms with Crippen molar-refractivity contribution in [2.45, 2.75) is 33.6 Å². The fraction of sp³-hybridized carbons (Fsp3) is 0.364. The predicted octanol–water partition coefficient (Wildman–Crippen LogP) is 3.95. The van der Waals surface area contributed by atoms with Gasteiger partial charge < -0.3 is 15.0 Å². The molecule has 1 N–H and O–H groups in total. The highest BCUT2D eigenvalue weighted by molar-refractivity contribution is 5.99. The molecule has 0 spiro atoms. The molecule has 2 aromatic rings. The summed E-state index contributed by atoms with van der Waals surface area (Å²) in [5.74, 6) is 0.911. The van der Waals surface area contributed by atoms with Gasteiger partial charge in [-0.15, -0.1) is 0 Å². The van der Waals surface area contributed by atoms with Crippen molar-refractivity contribution in [3.8, 4) is 5.75 Å². The van der Waals surface area contributed by atoms with E-state index in [4.69, 9.17) is 4.74 Å². The van der Waals surface area contributed by atoms with Gasteiger partial charge in [-0.1, -0.05) is 43.7 Å². The Morgan fingerprint density at radius 2 is 1.93 bits per heavy atom. The summed E-state index contributed by atoms with van der Waals surface area (Å²) in [7, 11) is 0. The lowest BCUT2D eigenvalue weighted by atomic mass is 10.1. The third kappa shape index (κ3) is 4.88. The number of hydrogen-bond acceptors (Lipinski definition) is 3. The molecular weight excluding hydrogens is 340 g/mol. The monoisotopic (exact) mass is 366 g/mol. The first-order chi connectivity index (χ1) is 12.9. The smallest absolute Gasteiger partial charge is 0.265 e. The Labute approximate surface area is 160 Å². The minimum atomic E-state index is -0.0564. The van der Waals surface area contributed by atoms with Gasteiger partial charge in [0.15, 0.2) is 6.61 Å². The quantitative estimate of drug-likeness (QED) is 0.842. The van der Waals surface area contributed by atoms with Crippen LogP contribution in [0.5, 0.6) is 5.75 Å². The summed E-state index contributed by atoms with van der Waals surface area (Å²) in [6.45, 7) is 6.86. The maximum Gasteiger partial charge on any atom is 0.265 e. The second-order valence-electron chi connectivity index (χ2n) is 7.40. The van der Waals surface area contributed by atoms with Crippen LogP contribution < -0.4 is 15.0 Å². The van der Waals surface area contributed by atoms with Crippen molar-refractivity contribution in [3.05, 3.63) is 53.6 Å². The Hall–Kier alpha value is -2.82. The van der Waals surface area contributed by atoms with Crippen molar-refractivity contribution < 1.29 is 14.3 Å². The van der Waals surface area contributed by atoms with E-state index in [1.54, 1.807) is 4.90 Å². The summed E-state index contributed by atoms with van der Waals surface area (Å²) in [5.41, 5.74) is 3.74. The summed E-state index contributed by atoms with van der Waals surface area (Å²) in [5, 5.41) is 2.93. The SMILES string of the molecule is Cc1ccc(CCC(=O)Nc2ccc3c(c2)N(CC(C)C)C(=O)CO3)cc1. The molecule has 0 saturated heterocycles. The molecule has 5 heteroatoms. The van der Waals surface area contributed by atoms with Crippen molar-refractivity contribution in [2.24, 2.45) is 5.92 Å². The number of ether oxygens (including phenoxy) is 1. The minimum Gasteiger partial charge on any atom is -0.482 e. The number of hydrogen-bond donors (Lipinski definition) is 1. The molecule has 1 heterocycles. The second-order valence-corrected chi connectivity index (χ2v) is 7.40. The predicted molar refractivity (Wildman–Crippen MR) is 107 cm³/mol. The number of benzene rings is 2. The first kappa shape index (κ1) is 19.0. The van der Waals surface area contributed by atoms with Crippen molar-refractivity contribution in [3.63, 3.8) is 0 Å².